The second kappa shape index (κ2) is 3.00. The highest BCUT2D eigenvalue weighted by molar-refractivity contribution is 4.92. The molecule has 0 spiro atoms. The molecule has 1 N–H and O–H groups in total. The molecule has 1 rings (SSSR count). The van der Waals surface area contributed by atoms with Gasteiger partial charge in [0.1, 0.15) is 0 Å². The predicted molar refractivity (Wildman–Crippen MR) is 49.1 cm³/mol. The molecule has 0 aliphatic carbocycles. The van der Waals surface area contributed by atoms with E-state index in [9.17, 15) is 5.11 Å². The van der Waals surface area contributed by atoms with Crippen LogP contribution in [-0.2, 0) is 4.74 Å². The fourth-order valence-electron chi connectivity index (χ4n) is 1.55. The molecule has 0 aromatic heterocycles. The number of aliphatic hydroxyl groups excluding tert-OH is 1. The Morgan fingerprint density at radius 1 is 1.42 bits per heavy atom. The van der Waals surface area contributed by atoms with Crippen molar-refractivity contribution in [3.05, 3.63) is 0 Å². The van der Waals surface area contributed by atoms with Gasteiger partial charge in [-0.25, -0.2) is 0 Å². The lowest BCUT2D eigenvalue weighted by Gasteiger charge is -2.45. The summed E-state index contributed by atoms with van der Waals surface area (Å²) in [5, 5.41) is 9.53. The summed E-state index contributed by atoms with van der Waals surface area (Å²) in [6.07, 6.45) is 1.37. The molecule has 0 aromatic rings. The average molecular weight is 172 g/mol. The maximum Gasteiger partial charge on any atom is 0.0727 e. The van der Waals surface area contributed by atoms with Crippen LogP contribution < -0.4 is 0 Å². The molecule has 1 aliphatic rings. The van der Waals surface area contributed by atoms with Crippen LogP contribution >= 0.6 is 0 Å². The zero-order chi connectivity index (χ0) is 9.41. The van der Waals surface area contributed by atoms with Gasteiger partial charge < -0.3 is 9.84 Å². The lowest BCUT2D eigenvalue weighted by Crippen LogP contribution is -2.48. The predicted octanol–water partition coefficient (Wildman–Crippen LogP) is 1.96. The Morgan fingerprint density at radius 3 is 2.33 bits per heavy atom. The molecule has 1 saturated heterocycles. The van der Waals surface area contributed by atoms with Crippen molar-refractivity contribution in [3.63, 3.8) is 0 Å². The number of hydrogen-bond acceptors (Lipinski definition) is 2. The van der Waals surface area contributed by atoms with E-state index in [0.29, 0.717) is 6.61 Å². The number of rotatable bonds is 0. The fraction of sp³-hybridized carbons (Fsp3) is 1.00. The minimum absolute atomic E-state index is 0.106. The van der Waals surface area contributed by atoms with Crippen LogP contribution in [0.4, 0.5) is 0 Å². The Morgan fingerprint density at radius 2 is 2.00 bits per heavy atom. The van der Waals surface area contributed by atoms with Crippen LogP contribution in [0.2, 0.25) is 0 Å². The first-order chi connectivity index (χ1) is 5.35. The van der Waals surface area contributed by atoms with Crippen LogP contribution in [0.3, 0.4) is 0 Å². The van der Waals surface area contributed by atoms with Gasteiger partial charge in [0.15, 0.2) is 0 Å². The Kier molecular flexibility index (Phi) is 2.50. The lowest BCUT2D eigenvalue weighted by atomic mass is 9.73. The molecule has 2 atom stereocenters. The Hall–Kier alpha value is -0.0800. The van der Waals surface area contributed by atoms with Crippen molar-refractivity contribution in [1.82, 2.24) is 0 Å². The average Bonchev–Trinajstić information content (AvgIpc) is 1.83. The van der Waals surface area contributed by atoms with Crippen LogP contribution in [0.25, 0.3) is 0 Å². The van der Waals surface area contributed by atoms with Crippen molar-refractivity contribution in [2.45, 2.75) is 52.2 Å². The maximum absolute atomic E-state index is 9.53. The number of hydrogen-bond donors (Lipinski definition) is 1. The van der Waals surface area contributed by atoms with Crippen molar-refractivity contribution >= 4 is 0 Å². The second-order valence-corrected chi connectivity index (χ2v) is 4.98. The third-order valence-corrected chi connectivity index (χ3v) is 3.08. The molecule has 2 nitrogen and oxygen atoms in total. The van der Waals surface area contributed by atoms with Crippen molar-refractivity contribution in [3.8, 4) is 0 Å². The molecule has 1 fully saturated rings. The van der Waals surface area contributed by atoms with Gasteiger partial charge in [-0.15, -0.1) is 0 Å². The highest BCUT2D eigenvalue weighted by atomic mass is 16.5. The van der Waals surface area contributed by atoms with E-state index in [2.05, 4.69) is 27.7 Å². The number of ether oxygens (including phenoxy) is 1. The zero-order valence-electron chi connectivity index (χ0n) is 8.55. The van der Waals surface area contributed by atoms with Crippen molar-refractivity contribution in [2.75, 3.05) is 6.61 Å². The fourth-order valence-corrected chi connectivity index (χ4v) is 1.55. The van der Waals surface area contributed by atoms with Crippen LogP contribution in [0.5, 0.6) is 0 Å². The van der Waals surface area contributed by atoms with Gasteiger partial charge in [0.2, 0.25) is 0 Å². The largest absolute Gasteiger partial charge is 0.393 e. The van der Waals surface area contributed by atoms with Gasteiger partial charge in [0, 0.05) is 13.0 Å². The molecule has 0 radical (unpaired) electrons. The molecule has 0 saturated carbocycles. The summed E-state index contributed by atoms with van der Waals surface area (Å²) in [5.74, 6) is 0. The summed E-state index contributed by atoms with van der Waals surface area (Å²) in [6.45, 7) is 9.26. The van der Waals surface area contributed by atoms with Gasteiger partial charge in [-0.05, 0) is 18.8 Å². The van der Waals surface area contributed by atoms with E-state index >= 15 is 0 Å². The summed E-state index contributed by atoms with van der Waals surface area (Å²) in [7, 11) is 0. The van der Waals surface area contributed by atoms with E-state index in [0.717, 1.165) is 12.8 Å². The van der Waals surface area contributed by atoms with Crippen molar-refractivity contribution < 1.29 is 9.84 Å². The SMILES string of the molecule is CC(C)(C)C1(C)CC(O)CCO1. The molecule has 12 heavy (non-hydrogen) atoms. The molecular weight excluding hydrogens is 152 g/mol. The highest BCUT2D eigenvalue weighted by Gasteiger charge is 2.42. The van der Waals surface area contributed by atoms with Gasteiger partial charge in [-0.1, -0.05) is 20.8 Å². The topological polar surface area (TPSA) is 29.5 Å². The van der Waals surface area contributed by atoms with E-state index < -0.39 is 0 Å². The van der Waals surface area contributed by atoms with E-state index in [-0.39, 0.29) is 17.1 Å². The summed E-state index contributed by atoms with van der Waals surface area (Å²) >= 11 is 0. The van der Waals surface area contributed by atoms with Crippen molar-refractivity contribution in [1.29, 1.82) is 0 Å². The summed E-state index contributed by atoms with van der Waals surface area (Å²) in [6, 6.07) is 0. The molecule has 2 heteroatoms. The first-order valence-electron chi connectivity index (χ1n) is 4.67. The van der Waals surface area contributed by atoms with Gasteiger partial charge in [-0.3, -0.25) is 0 Å². The maximum atomic E-state index is 9.53. The Balaban J connectivity index is 2.70. The third kappa shape index (κ3) is 1.80. The molecule has 0 bridgehead atoms. The standard InChI is InChI=1S/C10H20O2/c1-9(2,3)10(4)7-8(11)5-6-12-10/h8,11H,5-7H2,1-4H3. The van der Waals surface area contributed by atoms with Gasteiger partial charge >= 0.3 is 0 Å². The minimum Gasteiger partial charge on any atom is -0.393 e. The molecule has 0 amide bonds. The van der Waals surface area contributed by atoms with Crippen LogP contribution in [0.1, 0.15) is 40.5 Å². The molecule has 72 valence electrons. The van der Waals surface area contributed by atoms with E-state index in [1.807, 2.05) is 0 Å². The van der Waals surface area contributed by atoms with Gasteiger partial charge in [0.25, 0.3) is 0 Å². The first-order valence-corrected chi connectivity index (χ1v) is 4.67. The third-order valence-electron chi connectivity index (χ3n) is 3.08. The molecule has 1 heterocycles. The molecular formula is C10H20O2. The summed E-state index contributed by atoms with van der Waals surface area (Å²) in [5.41, 5.74) is -0.0565. The minimum atomic E-state index is -0.178. The van der Waals surface area contributed by atoms with Crippen LogP contribution in [0.15, 0.2) is 0 Å². The summed E-state index contributed by atoms with van der Waals surface area (Å²) < 4.78 is 5.74. The van der Waals surface area contributed by atoms with Gasteiger partial charge in [-0.2, -0.15) is 0 Å². The van der Waals surface area contributed by atoms with Crippen molar-refractivity contribution in [2.24, 2.45) is 5.41 Å². The smallest absolute Gasteiger partial charge is 0.0727 e. The van der Waals surface area contributed by atoms with E-state index in [1.54, 1.807) is 0 Å². The Bertz CT molecular complexity index is 160. The lowest BCUT2D eigenvalue weighted by molar-refractivity contribution is -0.160. The molecule has 0 aromatic carbocycles. The van der Waals surface area contributed by atoms with Crippen LogP contribution in [0, 0.1) is 5.41 Å². The van der Waals surface area contributed by atoms with E-state index in [4.69, 9.17) is 4.74 Å². The quantitative estimate of drug-likeness (QED) is 0.605. The normalized spacial score (nSPS) is 38.2. The first kappa shape index (κ1) is 10.0. The van der Waals surface area contributed by atoms with E-state index in [1.165, 1.54) is 0 Å². The molecule has 1 aliphatic heterocycles. The molecule has 2 unspecified atom stereocenters. The second-order valence-electron chi connectivity index (χ2n) is 4.98. The number of aliphatic hydroxyl groups is 1. The summed E-state index contributed by atoms with van der Waals surface area (Å²) in [4.78, 5) is 0. The Labute approximate surface area is 74.9 Å². The highest BCUT2D eigenvalue weighted by Crippen LogP contribution is 2.39. The van der Waals surface area contributed by atoms with Crippen LogP contribution in [-0.4, -0.2) is 23.4 Å². The van der Waals surface area contributed by atoms with Gasteiger partial charge in [0.05, 0.1) is 11.7 Å². The zero-order valence-corrected chi connectivity index (χ0v) is 8.55. The monoisotopic (exact) mass is 172 g/mol.